The van der Waals surface area contributed by atoms with Crippen LogP contribution in [0, 0.1) is 11.3 Å². The van der Waals surface area contributed by atoms with Crippen LogP contribution in [0.3, 0.4) is 0 Å². The molecule has 0 fully saturated rings. The van der Waals surface area contributed by atoms with Crippen LogP contribution in [-0.4, -0.2) is 31.1 Å². The van der Waals surface area contributed by atoms with Crippen LogP contribution in [0.2, 0.25) is 0 Å². The molecule has 1 amide bonds. The van der Waals surface area contributed by atoms with Gasteiger partial charge in [0, 0.05) is 11.1 Å². The van der Waals surface area contributed by atoms with E-state index in [2.05, 4.69) is 10.3 Å². The molecule has 1 aromatic heterocycles. The molecule has 0 saturated heterocycles. The Labute approximate surface area is 143 Å². The van der Waals surface area contributed by atoms with Crippen molar-refractivity contribution in [2.24, 2.45) is 0 Å². The number of amides is 1. The number of aromatic amines is 1. The fourth-order valence-corrected chi connectivity index (χ4v) is 3.69. The fraction of sp³-hybridized carbons (Fsp3) is 0.118. The molecule has 0 unspecified atom stereocenters. The lowest BCUT2D eigenvalue weighted by atomic mass is 10.1. The van der Waals surface area contributed by atoms with Crippen molar-refractivity contribution in [1.29, 1.82) is 5.26 Å². The molecule has 0 radical (unpaired) electrons. The summed E-state index contributed by atoms with van der Waals surface area (Å²) in [6, 6.07) is 11.0. The molecule has 0 bridgehead atoms. The van der Waals surface area contributed by atoms with Gasteiger partial charge in [0.2, 0.25) is 0 Å². The SMILES string of the molecule is N#Cc1ccc(-c2ccc(C(=O)N[C@@H]3C=CS(=O)(=O)C3)c(=O)[nH]2)cc1. The van der Waals surface area contributed by atoms with E-state index in [1.807, 2.05) is 6.07 Å². The molecule has 1 aliphatic rings. The number of nitrogens with zero attached hydrogens (tertiary/aromatic N) is 1. The molecule has 7 nitrogen and oxygen atoms in total. The average molecular weight is 355 g/mol. The summed E-state index contributed by atoms with van der Waals surface area (Å²) in [7, 11) is -3.29. The van der Waals surface area contributed by atoms with Gasteiger partial charge in [0.1, 0.15) is 5.56 Å². The van der Waals surface area contributed by atoms with Crippen molar-refractivity contribution in [1.82, 2.24) is 10.3 Å². The Balaban J connectivity index is 1.80. The number of nitriles is 1. The molecule has 0 aliphatic carbocycles. The summed E-state index contributed by atoms with van der Waals surface area (Å²) in [5, 5.41) is 12.4. The van der Waals surface area contributed by atoms with Gasteiger partial charge in [0.15, 0.2) is 9.84 Å². The van der Waals surface area contributed by atoms with Crippen molar-refractivity contribution in [3.05, 3.63) is 69.4 Å². The molecule has 2 aromatic rings. The average Bonchev–Trinajstić information content (AvgIpc) is 2.93. The molecule has 126 valence electrons. The van der Waals surface area contributed by atoms with E-state index in [0.717, 1.165) is 5.41 Å². The minimum Gasteiger partial charge on any atom is -0.345 e. The lowest BCUT2D eigenvalue weighted by molar-refractivity contribution is 0.0946. The highest BCUT2D eigenvalue weighted by atomic mass is 32.2. The third-order valence-electron chi connectivity index (χ3n) is 3.73. The molecular formula is C17H13N3O4S. The van der Waals surface area contributed by atoms with E-state index in [9.17, 15) is 18.0 Å². The molecule has 1 atom stereocenters. The van der Waals surface area contributed by atoms with E-state index in [4.69, 9.17) is 5.26 Å². The van der Waals surface area contributed by atoms with Crippen LogP contribution in [-0.2, 0) is 9.84 Å². The van der Waals surface area contributed by atoms with Crippen molar-refractivity contribution in [3.63, 3.8) is 0 Å². The summed E-state index contributed by atoms with van der Waals surface area (Å²) in [5.41, 5.74) is 1.03. The predicted octanol–water partition coefficient (Wildman–Crippen LogP) is 0.954. The number of carbonyl (C=O) groups excluding carboxylic acids is 1. The third-order valence-corrected chi connectivity index (χ3v) is 5.12. The number of rotatable bonds is 3. The fourth-order valence-electron chi connectivity index (χ4n) is 2.46. The normalized spacial score (nSPS) is 17.8. The molecule has 25 heavy (non-hydrogen) atoms. The van der Waals surface area contributed by atoms with Crippen molar-refractivity contribution >= 4 is 15.7 Å². The number of nitrogens with one attached hydrogen (secondary N) is 2. The second-order valence-corrected chi connectivity index (χ2v) is 7.47. The summed E-state index contributed by atoms with van der Waals surface area (Å²) in [6.07, 6.45) is 1.38. The van der Waals surface area contributed by atoms with Crippen LogP contribution < -0.4 is 10.9 Å². The highest BCUT2D eigenvalue weighted by Gasteiger charge is 2.24. The summed E-state index contributed by atoms with van der Waals surface area (Å²) in [4.78, 5) is 27.0. The van der Waals surface area contributed by atoms with Gasteiger partial charge in [-0.1, -0.05) is 12.1 Å². The largest absolute Gasteiger partial charge is 0.345 e. The van der Waals surface area contributed by atoms with Crippen LogP contribution in [0.25, 0.3) is 11.3 Å². The Morgan fingerprint density at radius 2 is 1.92 bits per heavy atom. The molecular weight excluding hydrogens is 342 g/mol. The lowest BCUT2D eigenvalue weighted by Gasteiger charge is -2.10. The minimum atomic E-state index is -3.29. The Morgan fingerprint density at radius 3 is 2.48 bits per heavy atom. The first-order valence-electron chi connectivity index (χ1n) is 7.34. The molecule has 8 heteroatoms. The van der Waals surface area contributed by atoms with Gasteiger partial charge in [-0.15, -0.1) is 0 Å². The smallest absolute Gasteiger partial charge is 0.261 e. The molecule has 2 heterocycles. The Kier molecular flexibility index (Phi) is 4.25. The molecule has 3 rings (SSSR count). The summed E-state index contributed by atoms with van der Waals surface area (Å²) in [6.45, 7) is 0. The van der Waals surface area contributed by atoms with Crippen molar-refractivity contribution < 1.29 is 13.2 Å². The van der Waals surface area contributed by atoms with Crippen molar-refractivity contribution in [3.8, 4) is 17.3 Å². The molecule has 1 aromatic carbocycles. The number of aromatic nitrogens is 1. The number of sulfone groups is 1. The van der Waals surface area contributed by atoms with Crippen LogP contribution >= 0.6 is 0 Å². The van der Waals surface area contributed by atoms with Crippen molar-refractivity contribution in [2.45, 2.75) is 6.04 Å². The van der Waals surface area contributed by atoms with E-state index in [1.54, 1.807) is 30.3 Å². The number of hydrogen-bond acceptors (Lipinski definition) is 5. The van der Waals surface area contributed by atoms with E-state index in [1.165, 1.54) is 12.1 Å². The lowest BCUT2D eigenvalue weighted by Crippen LogP contribution is -2.38. The standard InChI is InChI=1S/C17H13N3O4S/c18-9-11-1-3-12(4-2-11)15-6-5-14(17(22)20-15)16(21)19-13-7-8-25(23,24)10-13/h1-8,13H,10H2,(H,19,21)(H,20,22)/t13-/m1/s1. The first kappa shape index (κ1) is 16.7. The third kappa shape index (κ3) is 3.67. The van der Waals surface area contributed by atoms with Crippen LogP contribution in [0.5, 0.6) is 0 Å². The molecule has 2 N–H and O–H groups in total. The topological polar surface area (TPSA) is 120 Å². The minimum absolute atomic E-state index is 0.102. The van der Waals surface area contributed by atoms with E-state index in [0.29, 0.717) is 16.8 Å². The number of carbonyl (C=O) groups is 1. The van der Waals surface area contributed by atoms with Gasteiger partial charge in [-0.25, -0.2) is 8.42 Å². The van der Waals surface area contributed by atoms with E-state index in [-0.39, 0.29) is 11.3 Å². The number of pyridine rings is 1. The van der Waals surface area contributed by atoms with Gasteiger partial charge in [-0.2, -0.15) is 5.26 Å². The summed E-state index contributed by atoms with van der Waals surface area (Å²) >= 11 is 0. The predicted molar refractivity (Wildman–Crippen MR) is 91.4 cm³/mol. The zero-order valence-corrected chi connectivity index (χ0v) is 13.7. The summed E-state index contributed by atoms with van der Waals surface area (Å²) in [5.74, 6) is -0.848. The van der Waals surface area contributed by atoms with Crippen LogP contribution in [0.1, 0.15) is 15.9 Å². The van der Waals surface area contributed by atoms with Crippen LogP contribution in [0.4, 0.5) is 0 Å². The zero-order chi connectivity index (χ0) is 18.0. The highest BCUT2D eigenvalue weighted by Crippen LogP contribution is 2.16. The quantitative estimate of drug-likeness (QED) is 0.849. The molecule has 0 saturated carbocycles. The van der Waals surface area contributed by atoms with Gasteiger partial charge in [0.05, 0.1) is 23.4 Å². The summed E-state index contributed by atoms with van der Waals surface area (Å²) < 4.78 is 22.7. The first-order valence-corrected chi connectivity index (χ1v) is 9.05. The Morgan fingerprint density at radius 1 is 1.20 bits per heavy atom. The molecule has 0 spiro atoms. The first-order chi connectivity index (χ1) is 11.9. The maximum Gasteiger partial charge on any atom is 0.261 e. The van der Waals surface area contributed by atoms with Gasteiger partial charge in [-0.05, 0) is 35.9 Å². The number of H-pyrrole nitrogens is 1. The van der Waals surface area contributed by atoms with E-state index >= 15 is 0 Å². The second kappa shape index (κ2) is 6.37. The zero-order valence-electron chi connectivity index (χ0n) is 12.9. The molecule has 1 aliphatic heterocycles. The Hall–Kier alpha value is -3.18. The maximum atomic E-state index is 12.2. The maximum absolute atomic E-state index is 12.2. The number of hydrogen-bond donors (Lipinski definition) is 2. The second-order valence-electron chi connectivity index (χ2n) is 5.54. The van der Waals surface area contributed by atoms with Crippen molar-refractivity contribution in [2.75, 3.05) is 5.75 Å². The van der Waals surface area contributed by atoms with Crippen LogP contribution in [0.15, 0.2) is 52.7 Å². The monoisotopic (exact) mass is 355 g/mol. The van der Waals surface area contributed by atoms with Gasteiger partial charge >= 0.3 is 0 Å². The van der Waals surface area contributed by atoms with Gasteiger partial charge in [-0.3, -0.25) is 9.59 Å². The van der Waals surface area contributed by atoms with Gasteiger partial charge < -0.3 is 10.3 Å². The van der Waals surface area contributed by atoms with E-state index < -0.39 is 27.3 Å². The highest BCUT2D eigenvalue weighted by molar-refractivity contribution is 7.94. The number of benzene rings is 1. The Bertz CT molecular complexity index is 1060. The van der Waals surface area contributed by atoms with Gasteiger partial charge in [0.25, 0.3) is 11.5 Å².